The average molecular weight is 662 g/mol. The van der Waals surface area contributed by atoms with Crippen molar-refractivity contribution in [1.29, 1.82) is 0 Å². The van der Waals surface area contributed by atoms with Crippen LogP contribution in [0.5, 0.6) is 5.75 Å². The molecule has 3 aliphatic carbocycles. The number of methoxy groups -OCH3 is 1. The van der Waals surface area contributed by atoms with Crippen molar-refractivity contribution >= 4 is 43.3 Å². The summed E-state index contributed by atoms with van der Waals surface area (Å²) in [5.74, 6) is 1.02. The molecule has 6 rings (SSSR count). The van der Waals surface area contributed by atoms with Gasteiger partial charge in [0.1, 0.15) is 5.75 Å². The van der Waals surface area contributed by atoms with E-state index in [0.717, 1.165) is 12.2 Å². The Kier molecular flexibility index (Phi) is 14.1. The van der Waals surface area contributed by atoms with E-state index < -0.39 is 0 Å². The molecule has 0 fully saturated rings. The Morgan fingerprint density at radius 2 is 1.52 bits per heavy atom. The molecule has 0 spiro atoms. The third-order valence-electron chi connectivity index (χ3n) is 7.41. The molecule has 2 atom stereocenters. The van der Waals surface area contributed by atoms with Gasteiger partial charge in [-0.2, -0.15) is 11.6 Å². The van der Waals surface area contributed by atoms with Gasteiger partial charge in [0.15, 0.2) is 0 Å². The van der Waals surface area contributed by atoms with Crippen molar-refractivity contribution in [2.75, 3.05) is 7.11 Å². The number of fused-ring (bicyclic) bond motifs is 2. The second kappa shape index (κ2) is 15.7. The van der Waals surface area contributed by atoms with E-state index in [9.17, 15) is 0 Å². The van der Waals surface area contributed by atoms with Gasteiger partial charge in [0.25, 0.3) is 0 Å². The molecule has 206 valence electrons. The van der Waals surface area contributed by atoms with Gasteiger partial charge in [0.2, 0.25) is 0 Å². The number of rotatable bonds is 5. The van der Waals surface area contributed by atoms with Gasteiger partial charge in [-0.1, -0.05) is 85.8 Å². The Labute approximate surface area is 270 Å². The monoisotopic (exact) mass is 659 g/mol. The fourth-order valence-electron chi connectivity index (χ4n) is 5.81. The van der Waals surface area contributed by atoms with Gasteiger partial charge < -0.3 is 19.6 Å². The molecular weight excluding hydrogens is 627 g/mol. The van der Waals surface area contributed by atoms with Crippen molar-refractivity contribution in [3.8, 4) is 5.75 Å². The second-order valence-electron chi connectivity index (χ2n) is 9.13. The van der Waals surface area contributed by atoms with Crippen LogP contribution in [0.2, 0.25) is 0 Å². The van der Waals surface area contributed by atoms with Crippen LogP contribution in [0.1, 0.15) is 41.5 Å². The van der Waals surface area contributed by atoms with Gasteiger partial charge in [0.05, 0.1) is 7.11 Å². The molecule has 3 aromatic rings. The molecule has 5 heteroatoms. The molecule has 2 radical (unpaired) electrons. The van der Waals surface area contributed by atoms with E-state index in [1.807, 2.05) is 0 Å². The third-order valence-corrected chi connectivity index (χ3v) is 7.41. The number of hydrogen-bond acceptors (Lipinski definition) is 1. The minimum atomic E-state index is -0.326. The van der Waals surface area contributed by atoms with Crippen LogP contribution in [0, 0.1) is 20.9 Å². The first-order valence-corrected chi connectivity index (χ1v) is 16.4. The fraction of sp³-hybridized carbons (Fsp3) is 0.143. The van der Waals surface area contributed by atoms with Crippen molar-refractivity contribution < 1.29 is 28.1 Å². The molecule has 3 aromatic carbocycles. The molecule has 0 bridgehead atoms. The Hall–Kier alpha value is -2.16. The van der Waals surface area contributed by atoms with Gasteiger partial charge in [-0.05, 0) is 46.4 Å². The van der Waals surface area contributed by atoms with Crippen molar-refractivity contribution in [2.45, 2.75) is 24.7 Å². The van der Waals surface area contributed by atoms with Crippen LogP contribution in [0.15, 0.2) is 120 Å². The molecule has 1 nitrogen and oxygen atoms in total. The first kappa shape index (κ1) is 35.9. The first-order chi connectivity index (χ1) is 17.7. The summed E-state index contributed by atoms with van der Waals surface area (Å²) in [7, 11) is 1.72. The maximum atomic E-state index is 5.45. The Bertz CT molecular complexity index is 1440. The summed E-state index contributed by atoms with van der Waals surface area (Å²) >= 11 is 1.36. The molecule has 0 saturated heterocycles. The van der Waals surface area contributed by atoms with Crippen LogP contribution < -0.4 is 4.74 Å². The molecule has 0 heterocycles. The molecule has 0 aromatic heterocycles. The van der Waals surface area contributed by atoms with Crippen LogP contribution in [-0.2, 0) is 28.8 Å². The Morgan fingerprint density at radius 3 is 2.17 bits per heavy atom. The Morgan fingerprint density at radius 1 is 0.875 bits per heavy atom. The van der Waals surface area contributed by atoms with E-state index in [1.165, 1.54) is 67.9 Å². The summed E-state index contributed by atoms with van der Waals surface area (Å²) in [6.45, 7) is 5.27. The van der Waals surface area contributed by atoms with Crippen LogP contribution in [0.4, 0.5) is 0 Å². The molecule has 0 amide bonds. The summed E-state index contributed by atoms with van der Waals surface area (Å²) < 4.78 is 5.45. The summed E-state index contributed by atoms with van der Waals surface area (Å²) in [6.07, 6.45) is 16.3. The van der Waals surface area contributed by atoms with Gasteiger partial charge in [-0.3, -0.25) is 0 Å². The number of benzene rings is 3. The number of hydrogen-bond donors (Lipinski definition) is 0. The summed E-state index contributed by atoms with van der Waals surface area (Å²) in [5, 5.41) is 0. The SMILES string of the molecule is CCC1=[C-]C2=CC=CC(c3ccccc3)(C3C(c4ccc(OC)cc4)=Cc4ccccc43)C2=C1.Cl.Cl.[CH3-].[CH3-].[Si]=[Zr]. The van der Waals surface area contributed by atoms with Crippen molar-refractivity contribution in [3.05, 3.63) is 163 Å². The van der Waals surface area contributed by atoms with Crippen LogP contribution in [0.3, 0.4) is 0 Å². The first-order valence-electron chi connectivity index (χ1n) is 12.2. The zero-order valence-corrected chi connectivity index (χ0v) is 28.5. The predicted molar refractivity (Wildman–Crippen MR) is 174 cm³/mol. The summed E-state index contributed by atoms with van der Waals surface area (Å²) in [5.41, 5.74) is 10.0. The number of allylic oxidation sites excluding steroid dienone is 9. The Balaban J connectivity index is 0.00000131. The van der Waals surface area contributed by atoms with E-state index in [0.29, 0.717) is 0 Å². The van der Waals surface area contributed by atoms with Gasteiger partial charge in [0, 0.05) is 11.3 Å². The van der Waals surface area contributed by atoms with Crippen molar-refractivity contribution in [3.63, 3.8) is 0 Å². The molecule has 3 aliphatic rings. The van der Waals surface area contributed by atoms with Gasteiger partial charge >= 0.3 is 30.2 Å². The number of halogens is 2. The standard InChI is InChI=1S/C33H27O.2CH3.2ClH.Si.Zr/c1-3-23-20-26-11-9-19-33(31(26)21-23,27-12-5-4-6-13-27)32-29-14-8-7-10-25(29)22-30(32)24-15-17-28(34-2)18-16-24;;;;;;/h4-19,21-22,32H,3H2,1-2H3;2*1H3;2*1H;;/q3*-1;;;;. The molecule has 0 saturated carbocycles. The molecule has 2 unspecified atom stereocenters. The quantitative estimate of drug-likeness (QED) is 0.196. The summed E-state index contributed by atoms with van der Waals surface area (Å²) in [4.78, 5) is 0. The third kappa shape index (κ3) is 6.19. The average Bonchev–Trinajstić information content (AvgIpc) is 3.57. The second-order valence-corrected chi connectivity index (χ2v) is 9.13. The van der Waals surface area contributed by atoms with E-state index in [1.54, 1.807) is 7.11 Å². The molecule has 0 N–H and O–H groups in total. The topological polar surface area (TPSA) is 9.23 Å². The predicted octanol–water partition coefficient (Wildman–Crippen LogP) is 9.21. The van der Waals surface area contributed by atoms with Crippen molar-refractivity contribution in [1.82, 2.24) is 0 Å². The fourth-order valence-corrected chi connectivity index (χ4v) is 5.81. The maximum absolute atomic E-state index is 5.45. The number of ether oxygens (including phenoxy) is 1. The van der Waals surface area contributed by atoms with Gasteiger partial charge in [-0.25, -0.2) is 0 Å². The zero-order valence-electron chi connectivity index (χ0n) is 23.4. The van der Waals surface area contributed by atoms with E-state index in [4.69, 9.17) is 4.74 Å². The van der Waals surface area contributed by atoms with Crippen LogP contribution in [-0.4, -0.2) is 14.0 Å². The van der Waals surface area contributed by atoms with E-state index in [2.05, 4.69) is 129 Å². The van der Waals surface area contributed by atoms with Crippen LogP contribution >= 0.6 is 24.8 Å². The van der Waals surface area contributed by atoms with Crippen LogP contribution in [0.25, 0.3) is 11.6 Å². The zero-order chi connectivity index (χ0) is 25.1. The molecule has 40 heavy (non-hydrogen) atoms. The van der Waals surface area contributed by atoms with E-state index in [-0.39, 0.29) is 51.0 Å². The van der Waals surface area contributed by atoms with E-state index >= 15 is 0 Å². The summed E-state index contributed by atoms with van der Waals surface area (Å²) in [6, 6.07) is 28.4. The van der Waals surface area contributed by atoms with Crippen molar-refractivity contribution in [2.24, 2.45) is 0 Å². The minimum absolute atomic E-state index is 0. The molecule has 0 aliphatic heterocycles. The molecular formula is C35H35Cl2OSiZr-3. The normalized spacial score (nSPS) is 19.1. The van der Waals surface area contributed by atoms with Gasteiger partial charge in [-0.15, -0.1) is 54.2 Å².